The van der Waals surface area contributed by atoms with Gasteiger partial charge < -0.3 is 20.4 Å². The Kier molecular flexibility index (Phi) is 4.85. The topological polar surface area (TPSA) is 55.3 Å². The van der Waals surface area contributed by atoms with Crippen LogP contribution in [0.15, 0.2) is 21.6 Å². The molecule has 0 aromatic carbocycles. The van der Waals surface area contributed by atoms with Gasteiger partial charge in [0.1, 0.15) is 5.84 Å². The van der Waals surface area contributed by atoms with Gasteiger partial charge in [0.05, 0.1) is 12.1 Å². The van der Waals surface area contributed by atoms with Crippen LogP contribution in [-0.2, 0) is 0 Å². The number of hydrogen-bond acceptors (Lipinski definition) is 5. The lowest BCUT2D eigenvalue weighted by atomic mass is 10.1. The predicted molar refractivity (Wildman–Crippen MR) is 98.7 cm³/mol. The van der Waals surface area contributed by atoms with E-state index in [0.29, 0.717) is 12.1 Å². The quantitative estimate of drug-likeness (QED) is 0.747. The third kappa shape index (κ3) is 3.64. The van der Waals surface area contributed by atoms with Gasteiger partial charge in [0, 0.05) is 32.7 Å². The molecule has 3 aliphatic heterocycles. The number of guanidine groups is 1. The second-order valence-corrected chi connectivity index (χ2v) is 7.50. The van der Waals surface area contributed by atoms with Crippen LogP contribution in [0.25, 0.3) is 0 Å². The zero-order valence-corrected chi connectivity index (χ0v) is 14.8. The molecule has 3 heterocycles. The highest BCUT2D eigenvalue weighted by atomic mass is 15.4. The summed E-state index contributed by atoms with van der Waals surface area (Å²) in [5, 5.41) is 7.06. The van der Waals surface area contributed by atoms with Crippen molar-refractivity contribution in [2.75, 3.05) is 46.3 Å². The maximum atomic E-state index is 5.07. The van der Waals surface area contributed by atoms with Crippen molar-refractivity contribution in [2.45, 2.75) is 44.2 Å². The molecule has 6 heteroatoms. The molecule has 2 bridgehead atoms. The minimum Gasteiger partial charge on any atom is -0.340 e. The summed E-state index contributed by atoms with van der Waals surface area (Å²) in [6.07, 6.45) is 8.34. The molecule has 4 aliphatic rings. The first-order chi connectivity index (χ1) is 11.8. The van der Waals surface area contributed by atoms with Gasteiger partial charge in [0.15, 0.2) is 5.96 Å². The molecule has 132 valence electrons. The molecule has 0 aromatic rings. The first kappa shape index (κ1) is 16.1. The standard InChI is InChI=1S/C18H30N6/c1-23-8-10-24(11-9-23)18-21-15-5-3-2-4-14(12-15)17(22-18)20-16-6-7-19-13-16/h12,15-16,19H,2-11,13H2,1H3,(H,20,21,22). The van der Waals surface area contributed by atoms with Crippen LogP contribution in [0.5, 0.6) is 0 Å². The van der Waals surface area contributed by atoms with Gasteiger partial charge in [-0.1, -0.05) is 12.5 Å². The molecular weight excluding hydrogens is 300 g/mol. The summed E-state index contributed by atoms with van der Waals surface area (Å²) in [5.41, 5.74) is 1.39. The molecule has 1 aliphatic carbocycles. The average Bonchev–Trinajstić information content (AvgIpc) is 2.91. The number of fused-ring (bicyclic) bond motifs is 1. The maximum Gasteiger partial charge on any atom is 0.200 e. The van der Waals surface area contributed by atoms with Crippen molar-refractivity contribution in [3.8, 4) is 0 Å². The molecule has 0 aromatic heterocycles. The predicted octanol–water partition coefficient (Wildman–Crippen LogP) is 0.822. The zero-order chi connectivity index (χ0) is 16.4. The van der Waals surface area contributed by atoms with Crippen molar-refractivity contribution in [1.29, 1.82) is 0 Å². The van der Waals surface area contributed by atoms with E-state index in [1.165, 1.54) is 24.8 Å². The van der Waals surface area contributed by atoms with E-state index < -0.39 is 0 Å². The Morgan fingerprint density at radius 3 is 2.83 bits per heavy atom. The van der Waals surface area contributed by atoms with Crippen molar-refractivity contribution in [3.05, 3.63) is 11.6 Å². The van der Waals surface area contributed by atoms with Crippen LogP contribution in [0.3, 0.4) is 0 Å². The van der Waals surface area contributed by atoms with Gasteiger partial charge in [0.25, 0.3) is 0 Å². The molecular formula is C18H30N6. The van der Waals surface area contributed by atoms with Gasteiger partial charge in [-0.25, -0.2) is 4.99 Å². The monoisotopic (exact) mass is 330 g/mol. The van der Waals surface area contributed by atoms with E-state index in [-0.39, 0.29) is 0 Å². The lowest BCUT2D eigenvalue weighted by Gasteiger charge is -2.35. The summed E-state index contributed by atoms with van der Waals surface area (Å²) in [6.45, 7) is 6.38. The zero-order valence-electron chi connectivity index (χ0n) is 14.8. The minimum atomic E-state index is 0.319. The third-order valence-corrected chi connectivity index (χ3v) is 5.56. The van der Waals surface area contributed by atoms with Crippen molar-refractivity contribution >= 4 is 11.8 Å². The summed E-state index contributed by atoms with van der Waals surface area (Å²) in [4.78, 5) is 14.9. The van der Waals surface area contributed by atoms with E-state index >= 15 is 0 Å². The first-order valence-electron chi connectivity index (χ1n) is 9.56. The molecule has 6 nitrogen and oxygen atoms in total. The summed E-state index contributed by atoms with van der Waals surface area (Å²) in [6, 6.07) is 0.723. The highest BCUT2D eigenvalue weighted by molar-refractivity contribution is 6.09. The molecule has 2 saturated heterocycles. The molecule has 2 atom stereocenters. The SMILES string of the molecule is CN1CCN(C2=NC3C=C(CCCC3)C(=NC3CCNC3)N2)CC1. The van der Waals surface area contributed by atoms with E-state index in [1.807, 2.05) is 0 Å². The number of piperazine rings is 1. The van der Waals surface area contributed by atoms with Crippen LogP contribution in [0, 0.1) is 0 Å². The van der Waals surface area contributed by atoms with E-state index in [9.17, 15) is 0 Å². The molecule has 24 heavy (non-hydrogen) atoms. The Morgan fingerprint density at radius 1 is 1.17 bits per heavy atom. The smallest absolute Gasteiger partial charge is 0.200 e. The summed E-state index contributed by atoms with van der Waals surface area (Å²) in [7, 11) is 2.19. The Hall–Kier alpha value is -1.40. The fraction of sp³-hybridized carbons (Fsp3) is 0.778. The number of aliphatic imine (C=N–C) groups is 2. The number of nitrogens with zero attached hydrogens (tertiary/aromatic N) is 4. The lowest BCUT2D eigenvalue weighted by Crippen LogP contribution is -2.52. The molecule has 0 saturated carbocycles. The molecule has 0 spiro atoms. The van der Waals surface area contributed by atoms with Gasteiger partial charge in [-0.15, -0.1) is 0 Å². The minimum absolute atomic E-state index is 0.319. The number of likely N-dealkylation sites (N-methyl/N-ethyl adjacent to an activating group) is 1. The van der Waals surface area contributed by atoms with Crippen LogP contribution >= 0.6 is 0 Å². The number of amidine groups is 1. The van der Waals surface area contributed by atoms with Crippen molar-refractivity contribution in [3.63, 3.8) is 0 Å². The van der Waals surface area contributed by atoms with E-state index in [1.54, 1.807) is 0 Å². The normalized spacial score (nSPS) is 33.5. The van der Waals surface area contributed by atoms with Gasteiger partial charge in [-0.3, -0.25) is 4.99 Å². The van der Waals surface area contributed by atoms with E-state index in [2.05, 4.69) is 33.6 Å². The number of rotatable bonds is 1. The van der Waals surface area contributed by atoms with Crippen molar-refractivity contribution in [2.24, 2.45) is 9.98 Å². The molecule has 2 fully saturated rings. The average molecular weight is 330 g/mol. The Bertz CT molecular complexity index is 538. The summed E-state index contributed by atoms with van der Waals surface area (Å²) in [5.74, 6) is 2.14. The third-order valence-electron chi connectivity index (χ3n) is 5.56. The number of nitrogens with one attached hydrogen (secondary N) is 2. The second kappa shape index (κ2) is 7.23. The molecule has 2 N–H and O–H groups in total. The van der Waals surface area contributed by atoms with Gasteiger partial charge in [-0.05, 0) is 44.8 Å². The molecule has 0 radical (unpaired) electrons. The van der Waals surface area contributed by atoms with Crippen LogP contribution in [0.4, 0.5) is 0 Å². The second-order valence-electron chi connectivity index (χ2n) is 7.50. The largest absolute Gasteiger partial charge is 0.340 e. The van der Waals surface area contributed by atoms with Crippen molar-refractivity contribution in [1.82, 2.24) is 20.4 Å². The maximum absolute atomic E-state index is 5.07. The summed E-state index contributed by atoms with van der Waals surface area (Å²) < 4.78 is 0. The molecule has 0 amide bonds. The van der Waals surface area contributed by atoms with Crippen LogP contribution in [0.1, 0.15) is 32.1 Å². The van der Waals surface area contributed by atoms with Gasteiger partial charge in [-0.2, -0.15) is 0 Å². The molecule has 2 unspecified atom stereocenters. The highest BCUT2D eigenvalue weighted by Gasteiger charge is 2.26. The Morgan fingerprint density at radius 2 is 2.04 bits per heavy atom. The van der Waals surface area contributed by atoms with Crippen LogP contribution in [-0.4, -0.2) is 80.0 Å². The van der Waals surface area contributed by atoms with E-state index in [4.69, 9.17) is 9.98 Å². The Balaban J connectivity index is 1.58. The fourth-order valence-corrected chi connectivity index (χ4v) is 3.97. The lowest BCUT2D eigenvalue weighted by molar-refractivity contribution is 0.212. The van der Waals surface area contributed by atoms with Crippen molar-refractivity contribution < 1.29 is 0 Å². The van der Waals surface area contributed by atoms with Gasteiger partial charge in [0.2, 0.25) is 0 Å². The Labute approximate surface area is 145 Å². The van der Waals surface area contributed by atoms with Crippen LogP contribution < -0.4 is 10.6 Å². The molecule has 4 rings (SSSR count). The first-order valence-corrected chi connectivity index (χ1v) is 9.56. The van der Waals surface area contributed by atoms with E-state index in [0.717, 1.165) is 63.9 Å². The highest BCUT2D eigenvalue weighted by Crippen LogP contribution is 2.23. The van der Waals surface area contributed by atoms with Gasteiger partial charge >= 0.3 is 0 Å². The fourth-order valence-electron chi connectivity index (χ4n) is 3.97. The summed E-state index contributed by atoms with van der Waals surface area (Å²) >= 11 is 0. The van der Waals surface area contributed by atoms with Crippen LogP contribution in [0.2, 0.25) is 0 Å². The number of hydrogen-bond donors (Lipinski definition) is 2.